The van der Waals surface area contributed by atoms with Crippen molar-refractivity contribution >= 4 is 11.8 Å². The summed E-state index contributed by atoms with van der Waals surface area (Å²) in [5.41, 5.74) is 5.74. The summed E-state index contributed by atoms with van der Waals surface area (Å²) >= 11 is 0. The van der Waals surface area contributed by atoms with E-state index < -0.39 is 0 Å². The van der Waals surface area contributed by atoms with Gasteiger partial charge in [-0.1, -0.05) is 0 Å². The standard InChI is InChI=1S/C11H19N3O2/c1-13-5-6-14(8-10(13)16)9(15)7-11(12)3-2-4-11/h2-8,12H2,1H3. The first-order valence-electron chi connectivity index (χ1n) is 5.81. The van der Waals surface area contributed by atoms with E-state index in [-0.39, 0.29) is 23.9 Å². The number of rotatable bonds is 2. The van der Waals surface area contributed by atoms with Crippen LogP contribution in [0.2, 0.25) is 0 Å². The van der Waals surface area contributed by atoms with Crippen LogP contribution in [0.15, 0.2) is 0 Å². The number of nitrogens with zero attached hydrogens (tertiary/aromatic N) is 2. The highest BCUT2D eigenvalue weighted by Crippen LogP contribution is 2.32. The van der Waals surface area contributed by atoms with Gasteiger partial charge in [0.15, 0.2) is 0 Å². The molecule has 0 aromatic heterocycles. The Morgan fingerprint density at radius 3 is 2.62 bits per heavy atom. The smallest absolute Gasteiger partial charge is 0.241 e. The number of nitrogens with two attached hydrogens (primary N) is 1. The van der Waals surface area contributed by atoms with Crippen LogP contribution in [-0.4, -0.2) is 53.8 Å². The van der Waals surface area contributed by atoms with Gasteiger partial charge in [0.2, 0.25) is 11.8 Å². The van der Waals surface area contributed by atoms with Crippen molar-refractivity contribution in [2.24, 2.45) is 5.73 Å². The van der Waals surface area contributed by atoms with Gasteiger partial charge in [0.1, 0.15) is 0 Å². The maximum atomic E-state index is 11.9. The molecule has 0 spiro atoms. The molecule has 2 N–H and O–H groups in total. The Bertz CT molecular complexity index is 312. The van der Waals surface area contributed by atoms with Gasteiger partial charge in [-0.2, -0.15) is 0 Å². The maximum absolute atomic E-state index is 11.9. The second-order valence-corrected chi connectivity index (χ2v) is 5.02. The third-order valence-corrected chi connectivity index (χ3v) is 3.66. The zero-order valence-corrected chi connectivity index (χ0v) is 9.74. The highest BCUT2D eigenvalue weighted by molar-refractivity contribution is 5.86. The zero-order valence-electron chi connectivity index (χ0n) is 9.74. The normalized spacial score (nSPS) is 24.2. The molecular weight excluding hydrogens is 206 g/mol. The lowest BCUT2D eigenvalue weighted by atomic mass is 9.75. The molecule has 90 valence electrons. The SMILES string of the molecule is CN1CCN(C(=O)CC2(N)CCC2)CC1=O. The molecule has 5 heteroatoms. The summed E-state index contributed by atoms with van der Waals surface area (Å²) in [7, 11) is 1.76. The van der Waals surface area contributed by atoms with E-state index in [9.17, 15) is 9.59 Å². The minimum absolute atomic E-state index is 0.0132. The average molecular weight is 225 g/mol. The van der Waals surface area contributed by atoms with E-state index in [0.29, 0.717) is 19.5 Å². The van der Waals surface area contributed by atoms with Crippen molar-refractivity contribution in [1.29, 1.82) is 0 Å². The molecule has 2 aliphatic rings. The molecule has 0 aromatic carbocycles. The minimum Gasteiger partial charge on any atom is -0.342 e. The van der Waals surface area contributed by atoms with Crippen LogP contribution < -0.4 is 5.73 Å². The Hall–Kier alpha value is -1.10. The van der Waals surface area contributed by atoms with Gasteiger partial charge in [-0.15, -0.1) is 0 Å². The predicted molar refractivity (Wildman–Crippen MR) is 59.6 cm³/mol. The van der Waals surface area contributed by atoms with E-state index in [4.69, 9.17) is 5.73 Å². The van der Waals surface area contributed by atoms with Crippen molar-refractivity contribution in [3.63, 3.8) is 0 Å². The van der Waals surface area contributed by atoms with Gasteiger partial charge in [-0.25, -0.2) is 0 Å². The highest BCUT2D eigenvalue weighted by Gasteiger charge is 2.37. The number of amides is 2. The number of hydrogen-bond acceptors (Lipinski definition) is 3. The lowest BCUT2D eigenvalue weighted by Crippen LogP contribution is -2.55. The summed E-state index contributed by atoms with van der Waals surface area (Å²) in [6.07, 6.45) is 3.37. The molecule has 1 aliphatic carbocycles. The van der Waals surface area contributed by atoms with Gasteiger partial charge in [0.05, 0.1) is 6.54 Å². The molecule has 1 saturated carbocycles. The first-order valence-corrected chi connectivity index (χ1v) is 5.81. The number of carbonyl (C=O) groups is 2. The zero-order chi connectivity index (χ0) is 11.8. The largest absolute Gasteiger partial charge is 0.342 e. The van der Waals surface area contributed by atoms with Crippen LogP contribution in [0.3, 0.4) is 0 Å². The van der Waals surface area contributed by atoms with Crippen LogP contribution in [-0.2, 0) is 9.59 Å². The Morgan fingerprint density at radius 1 is 1.44 bits per heavy atom. The van der Waals surface area contributed by atoms with Gasteiger partial charge < -0.3 is 15.5 Å². The molecule has 0 atom stereocenters. The van der Waals surface area contributed by atoms with E-state index in [1.54, 1.807) is 16.8 Å². The van der Waals surface area contributed by atoms with Crippen molar-refractivity contribution in [2.75, 3.05) is 26.7 Å². The second-order valence-electron chi connectivity index (χ2n) is 5.02. The van der Waals surface area contributed by atoms with E-state index in [1.807, 2.05) is 0 Å². The number of carbonyl (C=O) groups excluding carboxylic acids is 2. The Balaban J connectivity index is 1.88. The molecular formula is C11H19N3O2. The van der Waals surface area contributed by atoms with Gasteiger partial charge in [-0.05, 0) is 19.3 Å². The molecule has 0 unspecified atom stereocenters. The minimum atomic E-state index is -0.288. The third-order valence-electron chi connectivity index (χ3n) is 3.66. The first-order chi connectivity index (χ1) is 7.50. The van der Waals surface area contributed by atoms with Crippen LogP contribution in [0.4, 0.5) is 0 Å². The van der Waals surface area contributed by atoms with Crippen LogP contribution >= 0.6 is 0 Å². The molecule has 2 rings (SSSR count). The molecule has 2 amide bonds. The van der Waals surface area contributed by atoms with Crippen molar-refractivity contribution < 1.29 is 9.59 Å². The number of piperazine rings is 1. The average Bonchev–Trinajstić information content (AvgIpc) is 2.19. The Morgan fingerprint density at radius 2 is 2.12 bits per heavy atom. The van der Waals surface area contributed by atoms with E-state index >= 15 is 0 Å². The fourth-order valence-electron chi connectivity index (χ4n) is 2.19. The molecule has 1 saturated heterocycles. The van der Waals surface area contributed by atoms with E-state index in [2.05, 4.69) is 0 Å². The number of likely N-dealkylation sites (N-methyl/N-ethyl adjacent to an activating group) is 1. The summed E-state index contributed by atoms with van der Waals surface area (Å²) in [5, 5.41) is 0. The molecule has 5 nitrogen and oxygen atoms in total. The van der Waals surface area contributed by atoms with Crippen LogP contribution in [0.1, 0.15) is 25.7 Å². The first kappa shape index (κ1) is 11.4. The summed E-state index contributed by atoms with van der Waals surface area (Å²) in [5.74, 6) is 0.0444. The van der Waals surface area contributed by atoms with E-state index in [1.165, 1.54) is 0 Å². The molecule has 1 heterocycles. The van der Waals surface area contributed by atoms with E-state index in [0.717, 1.165) is 19.3 Å². The fourth-order valence-corrected chi connectivity index (χ4v) is 2.19. The van der Waals surface area contributed by atoms with Crippen molar-refractivity contribution in [3.05, 3.63) is 0 Å². The molecule has 0 radical (unpaired) electrons. The van der Waals surface area contributed by atoms with Crippen molar-refractivity contribution in [2.45, 2.75) is 31.2 Å². The summed E-state index contributed by atoms with van der Waals surface area (Å²) in [4.78, 5) is 26.7. The topological polar surface area (TPSA) is 66.6 Å². The molecule has 16 heavy (non-hydrogen) atoms. The predicted octanol–water partition coefficient (Wildman–Crippen LogP) is -0.441. The summed E-state index contributed by atoms with van der Waals surface area (Å²) in [6, 6.07) is 0. The van der Waals surface area contributed by atoms with Crippen molar-refractivity contribution in [1.82, 2.24) is 9.80 Å². The summed E-state index contributed by atoms with van der Waals surface area (Å²) < 4.78 is 0. The molecule has 1 aliphatic heterocycles. The van der Waals surface area contributed by atoms with Gasteiger partial charge in [0, 0.05) is 32.1 Å². The Kier molecular flexibility index (Phi) is 2.88. The van der Waals surface area contributed by atoms with Crippen molar-refractivity contribution in [3.8, 4) is 0 Å². The lowest BCUT2D eigenvalue weighted by Gasteiger charge is -2.40. The Labute approximate surface area is 95.6 Å². The molecule has 0 aromatic rings. The number of hydrogen-bond donors (Lipinski definition) is 1. The lowest BCUT2D eigenvalue weighted by molar-refractivity contribution is -0.145. The highest BCUT2D eigenvalue weighted by atomic mass is 16.2. The van der Waals surface area contributed by atoms with Crippen LogP contribution in [0, 0.1) is 0 Å². The second kappa shape index (κ2) is 4.05. The maximum Gasteiger partial charge on any atom is 0.241 e. The quantitative estimate of drug-likeness (QED) is 0.692. The summed E-state index contributed by atoms with van der Waals surface area (Å²) in [6.45, 7) is 1.48. The van der Waals surface area contributed by atoms with Gasteiger partial charge in [0.25, 0.3) is 0 Å². The van der Waals surface area contributed by atoms with Gasteiger partial charge >= 0.3 is 0 Å². The van der Waals surface area contributed by atoms with Gasteiger partial charge in [-0.3, -0.25) is 9.59 Å². The van der Waals surface area contributed by atoms with Crippen LogP contribution in [0.25, 0.3) is 0 Å². The fraction of sp³-hybridized carbons (Fsp3) is 0.818. The molecule has 2 fully saturated rings. The third kappa shape index (κ3) is 2.19. The van der Waals surface area contributed by atoms with Crippen LogP contribution in [0.5, 0.6) is 0 Å². The monoisotopic (exact) mass is 225 g/mol. The molecule has 0 bridgehead atoms.